The number of fused-ring (bicyclic) bond motifs is 6. The number of hydrogen-bond donors (Lipinski definition) is 3. The second-order valence-electron chi connectivity index (χ2n) is 22.1. The van der Waals surface area contributed by atoms with Gasteiger partial charge in [-0.2, -0.15) is 0 Å². The SMILES string of the molecule is C.CCOC(=O)Cn1c2cc(-c3cccnc3)ccc2c(=O)c2ccc(Cl)c(N(C)C)c21.CCOC(=O)Cn1c2cc(Br)ccc2c(=O)c2ccc(Cl)c(N(C)C)c21.CN(C)c1c(Cl)ccc2c(=O)c3ccc(-c4cccnc4)cc3n(CC(=O)O)c12.OB(O)c1cccnc1. The van der Waals surface area contributed by atoms with E-state index < -0.39 is 13.1 Å². The normalized spacial score (nSPS) is 10.8. The van der Waals surface area contributed by atoms with Crippen LogP contribution in [-0.2, 0) is 43.5 Å². The van der Waals surface area contributed by atoms with Crippen LogP contribution in [0, 0.1) is 0 Å². The molecule has 96 heavy (non-hydrogen) atoms. The summed E-state index contributed by atoms with van der Waals surface area (Å²) in [5, 5.41) is 31.1. The van der Waals surface area contributed by atoms with Crippen LogP contribution in [0.2, 0.25) is 15.1 Å². The quantitative estimate of drug-likeness (QED) is 0.0520. The van der Waals surface area contributed by atoms with Gasteiger partial charge in [0.05, 0.1) is 78.4 Å². The fraction of sp³-hybridized carbons (Fsp3) is 0.197. The molecule has 6 heterocycles. The van der Waals surface area contributed by atoms with Gasteiger partial charge in [-0.05, 0) is 122 Å². The Bertz CT molecular complexity index is 5080. The van der Waals surface area contributed by atoms with Crippen LogP contribution in [0.4, 0.5) is 17.1 Å². The Balaban J connectivity index is 0.000000172. The monoisotopic (exact) mass is 1420 g/mol. The minimum absolute atomic E-state index is 0. The first-order chi connectivity index (χ1) is 45.4. The van der Waals surface area contributed by atoms with Crippen LogP contribution >= 0.6 is 50.7 Å². The molecule has 0 atom stereocenters. The van der Waals surface area contributed by atoms with E-state index in [1.807, 2.05) is 117 Å². The van der Waals surface area contributed by atoms with Gasteiger partial charge < -0.3 is 53.0 Å². The van der Waals surface area contributed by atoms with E-state index in [1.165, 1.54) is 6.20 Å². The van der Waals surface area contributed by atoms with Crippen molar-refractivity contribution in [3.05, 3.63) is 215 Å². The molecule has 0 unspecified atom stereocenters. The molecule has 20 nitrogen and oxygen atoms in total. The lowest BCUT2D eigenvalue weighted by Crippen LogP contribution is -2.29. The number of ether oxygens (including phenoxy) is 2. The minimum atomic E-state index is -1.40. The van der Waals surface area contributed by atoms with Crippen LogP contribution in [-0.4, -0.2) is 124 Å². The fourth-order valence-electron chi connectivity index (χ4n) is 11.2. The lowest BCUT2D eigenvalue weighted by atomic mass is 9.82. The number of pyridine rings is 6. The van der Waals surface area contributed by atoms with Crippen LogP contribution in [0.15, 0.2) is 183 Å². The predicted octanol–water partition coefficient (Wildman–Crippen LogP) is 12.1. The Morgan fingerprint density at radius 1 is 0.479 bits per heavy atom. The van der Waals surface area contributed by atoms with E-state index in [4.69, 9.17) is 54.3 Å². The number of benzene rings is 6. The van der Waals surface area contributed by atoms with Crippen molar-refractivity contribution in [2.75, 3.05) is 70.2 Å². The van der Waals surface area contributed by atoms with Crippen molar-refractivity contribution in [2.45, 2.75) is 40.9 Å². The van der Waals surface area contributed by atoms with E-state index in [9.17, 15) is 33.9 Å². The number of carbonyl (C=O) groups is 3. The standard InChI is InChI=1S/C24H22ClN3O3.C22H18ClN3O3.C19H18BrClN2O3.C5H6BNO2.CH4/c1-4-31-21(29)14-28-20-12-15(16-6-5-11-26-13-16)7-8-17(20)24(30)18-9-10-19(25)23(22(18)28)27(2)3;1-25(2)21-17(23)8-7-16-20(21)26(12-19(27)28)18-10-13(5-6-15(18)22(16)29)14-4-3-9-24-11-14;1-4-26-16(24)10-23-15-9-11(20)5-6-12(15)19(25)13-7-8-14(21)18(17(13)23)22(2)3;8-6(9)5-2-1-3-7-4-5;/h5-13H,4,14H2,1-3H3;3-11H,12H2,1-2H3,(H,27,28);5-9H,4,10H2,1-3H3;1-4,8-9H;1H4. The van der Waals surface area contributed by atoms with E-state index in [0.717, 1.165) is 26.7 Å². The van der Waals surface area contributed by atoms with Gasteiger partial charge in [0.1, 0.15) is 19.6 Å². The molecular weight excluding hydrogens is 1350 g/mol. The highest BCUT2D eigenvalue weighted by Gasteiger charge is 2.24. The maximum atomic E-state index is 13.4. The number of nitrogens with zero attached hydrogens (tertiary/aromatic N) is 9. The Morgan fingerprint density at radius 2 is 0.823 bits per heavy atom. The van der Waals surface area contributed by atoms with Gasteiger partial charge in [-0.25, -0.2) is 0 Å². The molecule has 6 aromatic carbocycles. The average molecular weight is 1420 g/mol. The second kappa shape index (κ2) is 31.7. The molecule has 3 N–H and O–H groups in total. The number of hydrogen-bond acceptors (Lipinski definition) is 16. The van der Waals surface area contributed by atoms with Gasteiger partial charge in [0.2, 0.25) is 0 Å². The van der Waals surface area contributed by atoms with Crippen molar-refractivity contribution in [3.63, 3.8) is 0 Å². The fourth-order valence-corrected chi connectivity index (χ4v) is 12.5. The van der Waals surface area contributed by atoms with Crippen molar-refractivity contribution < 1.29 is 39.0 Å². The van der Waals surface area contributed by atoms with Crippen molar-refractivity contribution in [1.29, 1.82) is 0 Å². The van der Waals surface area contributed by atoms with Crippen LogP contribution in [0.25, 0.3) is 87.7 Å². The van der Waals surface area contributed by atoms with Gasteiger partial charge >= 0.3 is 25.0 Å². The van der Waals surface area contributed by atoms with E-state index in [-0.39, 0.29) is 61.9 Å². The third-order valence-corrected chi connectivity index (χ3v) is 16.6. The number of carboxylic acid groups (broad SMARTS) is 1. The van der Waals surface area contributed by atoms with Gasteiger partial charge in [0.25, 0.3) is 0 Å². The number of anilines is 3. The lowest BCUT2D eigenvalue weighted by Gasteiger charge is -2.22. The molecular formula is C71H68BBrCl3N9O11. The molecule has 494 valence electrons. The Kier molecular flexibility index (Phi) is 23.8. The summed E-state index contributed by atoms with van der Waals surface area (Å²) in [6, 6.07) is 37.4. The van der Waals surface area contributed by atoms with Gasteiger partial charge in [-0.3, -0.25) is 43.7 Å². The van der Waals surface area contributed by atoms with Crippen LogP contribution in [0.3, 0.4) is 0 Å². The van der Waals surface area contributed by atoms with Gasteiger partial charge in [0, 0.05) is 133 Å². The zero-order valence-corrected chi connectivity index (χ0v) is 56.7. The van der Waals surface area contributed by atoms with Crippen molar-refractivity contribution in [2.24, 2.45) is 0 Å². The number of aliphatic carboxylic acids is 1. The molecule has 0 radical (unpaired) electrons. The highest BCUT2D eigenvalue weighted by Crippen LogP contribution is 2.38. The highest BCUT2D eigenvalue weighted by molar-refractivity contribution is 9.10. The van der Waals surface area contributed by atoms with Crippen LogP contribution < -0.4 is 36.4 Å². The number of esters is 2. The van der Waals surface area contributed by atoms with Gasteiger partial charge in [-0.15, -0.1) is 0 Å². The summed E-state index contributed by atoms with van der Waals surface area (Å²) in [4.78, 5) is 93.6. The third kappa shape index (κ3) is 15.5. The summed E-state index contributed by atoms with van der Waals surface area (Å²) in [5.41, 5.74) is 9.10. The summed E-state index contributed by atoms with van der Waals surface area (Å²) >= 11 is 22.8. The first kappa shape index (κ1) is 72.2. The smallest absolute Gasteiger partial charge is 0.480 e. The number of halogens is 4. The molecule has 0 spiro atoms. The summed E-state index contributed by atoms with van der Waals surface area (Å²) in [7, 11) is 9.64. The molecule has 0 aliphatic carbocycles. The first-order valence-corrected chi connectivity index (χ1v) is 31.5. The molecule has 12 aromatic rings. The van der Waals surface area contributed by atoms with Gasteiger partial charge in [-0.1, -0.05) is 88.5 Å². The first-order valence-electron chi connectivity index (χ1n) is 29.6. The van der Waals surface area contributed by atoms with Crippen LogP contribution in [0.1, 0.15) is 21.3 Å². The second-order valence-corrected chi connectivity index (χ2v) is 24.2. The predicted molar refractivity (Wildman–Crippen MR) is 391 cm³/mol. The third-order valence-electron chi connectivity index (χ3n) is 15.2. The van der Waals surface area contributed by atoms with E-state index in [0.29, 0.717) is 110 Å². The maximum absolute atomic E-state index is 13.4. The summed E-state index contributed by atoms with van der Waals surface area (Å²) in [5.74, 6) is -1.76. The maximum Gasteiger partial charge on any atom is 0.490 e. The molecule has 0 fully saturated rings. The molecule has 6 aromatic heterocycles. The Morgan fingerprint density at radius 3 is 1.14 bits per heavy atom. The number of carboxylic acids is 1. The highest BCUT2D eigenvalue weighted by atomic mass is 79.9. The lowest BCUT2D eigenvalue weighted by molar-refractivity contribution is -0.144. The number of carbonyl (C=O) groups excluding carboxylic acids is 2. The molecule has 0 saturated heterocycles. The van der Waals surface area contributed by atoms with Crippen molar-refractivity contribution in [3.8, 4) is 22.3 Å². The molecule has 0 aliphatic heterocycles. The largest absolute Gasteiger partial charge is 0.490 e. The number of rotatable bonds is 14. The van der Waals surface area contributed by atoms with Crippen molar-refractivity contribution in [1.82, 2.24) is 28.7 Å². The molecule has 0 saturated carbocycles. The molecule has 12 rings (SSSR count). The minimum Gasteiger partial charge on any atom is -0.480 e. The van der Waals surface area contributed by atoms with E-state index in [2.05, 4.69) is 30.9 Å². The molecule has 0 aliphatic rings. The molecule has 25 heteroatoms. The Hall–Kier alpha value is -9.68. The van der Waals surface area contributed by atoms with Crippen LogP contribution in [0.5, 0.6) is 0 Å². The average Bonchev–Trinajstić information content (AvgIpc) is 0.751. The van der Waals surface area contributed by atoms with E-state index in [1.54, 1.807) is 126 Å². The zero-order valence-electron chi connectivity index (χ0n) is 52.8. The van der Waals surface area contributed by atoms with E-state index >= 15 is 0 Å². The van der Waals surface area contributed by atoms with Gasteiger partial charge in [0.15, 0.2) is 16.3 Å². The molecule has 0 amide bonds. The zero-order chi connectivity index (χ0) is 68.5. The van der Waals surface area contributed by atoms with Crippen molar-refractivity contribution >= 4 is 164 Å². The summed E-state index contributed by atoms with van der Waals surface area (Å²) in [6.45, 7) is 3.74. The topological polar surface area (TPSA) is 245 Å². The molecule has 0 bridgehead atoms. The number of aromatic nitrogens is 6. The summed E-state index contributed by atoms with van der Waals surface area (Å²) < 4.78 is 16.5. The summed E-state index contributed by atoms with van der Waals surface area (Å²) in [6.07, 6.45) is 9.86. The Labute approximate surface area is 576 Å².